The van der Waals surface area contributed by atoms with Gasteiger partial charge in [0.2, 0.25) is 5.91 Å². The number of piperidine rings is 2. The van der Waals surface area contributed by atoms with Gasteiger partial charge in [-0.25, -0.2) is 15.1 Å². The first kappa shape index (κ1) is 25.8. The molecule has 0 radical (unpaired) electrons. The van der Waals surface area contributed by atoms with Crippen molar-refractivity contribution in [1.82, 2.24) is 20.6 Å². The van der Waals surface area contributed by atoms with Crippen molar-refractivity contribution in [2.75, 3.05) is 19.6 Å². The van der Waals surface area contributed by atoms with Gasteiger partial charge in [-0.05, 0) is 52.0 Å². The SMILES string of the molecule is CC(C)(C)ONC(=O)N1CCC(NC(=O)[C@@H]2CC[C@H](O)CN2C(=O)OCc2ccccc2)CC1. The molecule has 2 atom stereocenters. The average molecular weight is 477 g/mol. The van der Waals surface area contributed by atoms with Gasteiger partial charge in [-0.15, -0.1) is 0 Å². The maximum atomic E-state index is 13.0. The number of rotatable bonds is 5. The van der Waals surface area contributed by atoms with E-state index >= 15 is 0 Å². The molecule has 10 heteroatoms. The van der Waals surface area contributed by atoms with Crippen LogP contribution in [-0.4, -0.2) is 76.4 Å². The number of carbonyl (C=O) groups excluding carboxylic acids is 3. The Morgan fingerprint density at radius 3 is 2.38 bits per heavy atom. The molecular weight excluding hydrogens is 440 g/mol. The van der Waals surface area contributed by atoms with Crippen LogP contribution in [0.3, 0.4) is 0 Å². The molecule has 10 nitrogen and oxygen atoms in total. The highest BCUT2D eigenvalue weighted by Gasteiger charge is 2.37. The van der Waals surface area contributed by atoms with E-state index in [1.807, 2.05) is 51.1 Å². The summed E-state index contributed by atoms with van der Waals surface area (Å²) in [7, 11) is 0. The molecule has 1 aromatic rings. The Morgan fingerprint density at radius 2 is 1.74 bits per heavy atom. The Balaban J connectivity index is 1.49. The first-order chi connectivity index (χ1) is 16.1. The van der Waals surface area contributed by atoms with Gasteiger partial charge in [0, 0.05) is 19.1 Å². The lowest BCUT2D eigenvalue weighted by Crippen LogP contribution is -2.58. The summed E-state index contributed by atoms with van der Waals surface area (Å²) in [5.74, 6) is -0.262. The molecule has 188 valence electrons. The Morgan fingerprint density at radius 1 is 1.06 bits per heavy atom. The number of hydrogen-bond acceptors (Lipinski definition) is 6. The number of ether oxygens (including phenoxy) is 1. The number of hydrogen-bond donors (Lipinski definition) is 3. The van der Waals surface area contributed by atoms with Crippen molar-refractivity contribution in [2.45, 2.75) is 76.9 Å². The quantitative estimate of drug-likeness (QED) is 0.560. The lowest BCUT2D eigenvalue weighted by Gasteiger charge is -2.38. The van der Waals surface area contributed by atoms with E-state index in [9.17, 15) is 19.5 Å². The molecule has 4 amide bonds. The predicted octanol–water partition coefficient (Wildman–Crippen LogP) is 2.17. The molecular formula is C24H36N4O6. The molecule has 2 fully saturated rings. The van der Waals surface area contributed by atoms with E-state index in [0.717, 1.165) is 5.56 Å². The monoisotopic (exact) mass is 476 g/mol. The number of aliphatic hydroxyl groups is 1. The summed E-state index contributed by atoms with van der Waals surface area (Å²) < 4.78 is 5.41. The molecule has 2 saturated heterocycles. The Hall–Kier alpha value is -2.85. The van der Waals surface area contributed by atoms with Crippen molar-refractivity contribution in [3.63, 3.8) is 0 Å². The second-order valence-corrected chi connectivity index (χ2v) is 9.83. The molecule has 3 rings (SSSR count). The van der Waals surface area contributed by atoms with Crippen LogP contribution < -0.4 is 10.8 Å². The van der Waals surface area contributed by atoms with Crippen LogP contribution in [0.25, 0.3) is 0 Å². The number of hydroxylamine groups is 1. The number of amides is 4. The van der Waals surface area contributed by atoms with E-state index in [-0.39, 0.29) is 31.1 Å². The fourth-order valence-electron chi connectivity index (χ4n) is 4.01. The summed E-state index contributed by atoms with van der Waals surface area (Å²) in [6, 6.07) is 8.20. The first-order valence-electron chi connectivity index (χ1n) is 11.8. The third-order valence-electron chi connectivity index (χ3n) is 5.87. The van der Waals surface area contributed by atoms with Gasteiger partial charge in [0.25, 0.3) is 0 Å². The molecule has 2 heterocycles. The van der Waals surface area contributed by atoms with Crippen molar-refractivity contribution in [1.29, 1.82) is 0 Å². The van der Waals surface area contributed by atoms with Crippen LogP contribution in [-0.2, 0) is 21.0 Å². The molecule has 34 heavy (non-hydrogen) atoms. The molecule has 0 aromatic heterocycles. The summed E-state index contributed by atoms with van der Waals surface area (Å²) in [5, 5.41) is 13.1. The minimum atomic E-state index is -0.701. The highest BCUT2D eigenvalue weighted by Crippen LogP contribution is 2.21. The number of β-amino-alcohol motifs (C(OH)–C–C–N with tert-alkyl or cyclic N) is 1. The molecule has 1 aromatic carbocycles. The smallest absolute Gasteiger partial charge is 0.410 e. The van der Waals surface area contributed by atoms with Crippen LogP contribution in [0.1, 0.15) is 52.0 Å². The highest BCUT2D eigenvalue weighted by atomic mass is 16.7. The Bertz CT molecular complexity index is 836. The van der Waals surface area contributed by atoms with Gasteiger partial charge in [-0.3, -0.25) is 14.5 Å². The van der Waals surface area contributed by atoms with Gasteiger partial charge < -0.3 is 20.1 Å². The summed E-state index contributed by atoms with van der Waals surface area (Å²) >= 11 is 0. The van der Waals surface area contributed by atoms with Gasteiger partial charge in [-0.1, -0.05) is 30.3 Å². The minimum Gasteiger partial charge on any atom is -0.445 e. The first-order valence-corrected chi connectivity index (χ1v) is 11.8. The van der Waals surface area contributed by atoms with Gasteiger partial charge in [-0.2, -0.15) is 0 Å². The van der Waals surface area contributed by atoms with Crippen LogP contribution in [0.2, 0.25) is 0 Å². The zero-order chi connectivity index (χ0) is 24.7. The van der Waals surface area contributed by atoms with E-state index in [4.69, 9.17) is 9.57 Å². The third kappa shape index (κ3) is 7.59. The lowest BCUT2D eigenvalue weighted by molar-refractivity contribution is -0.129. The molecule has 0 saturated carbocycles. The number of nitrogens with zero attached hydrogens (tertiary/aromatic N) is 2. The normalized spacial score (nSPS) is 21.6. The van der Waals surface area contributed by atoms with Gasteiger partial charge >= 0.3 is 12.1 Å². The zero-order valence-corrected chi connectivity index (χ0v) is 20.2. The van der Waals surface area contributed by atoms with E-state index in [1.165, 1.54) is 4.90 Å². The van der Waals surface area contributed by atoms with Gasteiger partial charge in [0.1, 0.15) is 12.6 Å². The van der Waals surface area contributed by atoms with Crippen molar-refractivity contribution in [3.8, 4) is 0 Å². The van der Waals surface area contributed by atoms with E-state index < -0.39 is 23.8 Å². The third-order valence-corrected chi connectivity index (χ3v) is 5.87. The van der Waals surface area contributed by atoms with Crippen LogP contribution in [0.5, 0.6) is 0 Å². The number of carbonyl (C=O) groups is 3. The maximum absolute atomic E-state index is 13.0. The van der Waals surface area contributed by atoms with Crippen molar-refractivity contribution in [3.05, 3.63) is 35.9 Å². The standard InChI is InChI=1S/C24H36N4O6/c1-24(2,3)34-26-22(31)27-13-11-18(12-14-27)25-21(30)20-10-9-19(29)15-28(20)23(32)33-16-17-7-5-4-6-8-17/h4-8,18-20,29H,9-16H2,1-3H3,(H,25,30)(H,26,31)/t19-,20-/m0/s1. The lowest BCUT2D eigenvalue weighted by atomic mass is 9.98. The molecule has 0 bridgehead atoms. The highest BCUT2D eigenvalue weighted by molar-refractivity contribution is 5.86. The predicted molar refractivity (Wildman–Crippen MR) is 124 cm³/mol. The Kier molecular flexibility index (Phi) is 8.73. The molecule has 0 spiro atoms. The van der Waals surface area contributed by atoms with Crippen LogP contribution in [0, 0.1) is 0 Å². The van der Waals surface area contributed by atoms with E-state index in [2.05, 4.69) is 10.8 Å². The molecule has 0 unspecified atom stereocenters. The average Bonchev–Trinajstić information content (AvgIpc) is 2.81. The zero-order valence-electron chi connectivity index (χ0n) is 20.2. The number of aliphatic hydroxyl groups excluding tert-OH is 1. The summed E-state index contributed by atoms with van der Waals surface area (Å²) in [5.41, 5.74) is 2.83. The van der Waals surface area contributed by atoms with Crippen LogP contribution in [0.15, 0.2) is 30.3 Å². The number of likely N-dealkylation sites (tertiary alicyclic amines) is 2. The molecule has 2 aliphatic rings. The summed E-state index contributed by atoms with van der Waals surface area (Å²) in [4.78, 5) is 46.3. The second kappa shape index (κ2) is 11.5. The fourth-order valence-corrected chi connectivity index (χ4v) is 4.01. The Labute approximate surface area is 200 Å². The molecule has 2 aliphatic heterocycles. The van der Waals surface area contributed by atoms with E-state index in [1.54, 1.807) is 4.90 Å². The maximum Gasteiger partial charge on any atom is 0.410 e. The molecule has 3 N–H and O–H groups in total. The van der Waals surface area contributed by atoms with Crippen LogP contribution in [0.4, 0.5) is 9.59 Å². The van der Waals surface area contributed by atoms with Gasteiger partial charge in [0.05, 0.1) is 18.2 Å². The number of nitrogens with one attached hydrogen (secondary N) is 2. The number of benzene rings is 1. The molecule has 0 aliphatic carbocycles. The largest absolute Gasteiger partial charge is 0.445 e. The van der Waals surface area contributed by atoms with Crippen LogP contribution >= 0.6 is 0 Å². The second-order valence-electron chi connectivity index (χ2n) is 9.83. The number of urea groups is 1. The van der Waals surface area contributed by atoms with E-state index in [0.29, 0.717) is 38.8 Å². The summed E-state index contributed by atoms with van der Waals surface area (Å²) in [6.07, 6.45) is 0.690. The van der Waals surface area contributed by atoms with Gasteiger partial charge in [0.15, 0.2) is 0 Å². The fraction of sp³-hybridized carbons (Fsp3) is 0.625. The van der Waals surface area contributed by atoms with Crippen molar-refractivity contribution < 1.29 is 29.1 Å². The van der Waals surface area contributed by atoms with Crippen molar-refractivity contribution in [2.24, 2.45) is 0 Å². The summed E-state index contributed by atoms with van der Waals surface area (Å²) in [6.45, 7) is 6.66. The topological polar surface area (TPSA) is 120 Å². The minimum absolute atomic E-state index is 0.0537. The van der Waals surface area contributed by atoms with Crippen molar-refractivity contribution >= 4 is 18.0 Å².